The van der Waals surface area contributed by atoms with Gasteiger partial charge >= 0.3 is 6.03 Å². The van der Waals surface area contributed by atoms with Crippen LogP contribution in [0.25, 0.3) is 0 Å². The Kier molecular flexibility index (Phi) is 3.53. The third kappa shape index (κ3) is 2.24. The molecule has 4 rings (SSSR count). The van der Waals surface area contributed by atoms with Crippen molar-refractivity contribution < 1.29 is 18.8 Å². The number of anilines is 1. The van der Waals surface area contributed by atoms with Crippen LogP contribution in [-0.2, 0) is 21.7 Å². The molecule has 2 aromatic carbocycles. The fourth-order valence-corrected chi connectivity index (χ4v) is 3.68. The Morgan fingerprint density at radius 1 is 1.12 bits per heavy atom. The van der Waals surface area contributed by atoms with Crippen LogP contribution in [0.3, 0.4) is 0 Å². The predicted octanol–water partition coefficient (Wildman–Crippen LogP) is 2.01. The second kappa shape index (κ2) is 5.51. The van der Waals surface area contributed by atoms with Crippen LogP contribution in [-0.4, -0.2) is 17.8 Å². The lowest BCUT2D eigenvalue weighted by atomic mass is 9.92. The van der Waals surface area contributed by atoms with Gasteiger partial charge in [0.05, 0.1) is 12.2 Å². The number of halogens is 2. The Bertz CT molecular complexity index is 948. The smallest absolute Gasteiger partial charge is 0.312 e. The van der Waals surface area contributed by atoms with E-state index in [1.807, 2.05) is 22.6 Å². The lowest BCUT2D eigenvalue weighted by Crippen LogP contribution is -2.52. The molecule has 0 aromatic heterocycles. The third-order valence-electron chi connectivity index (χ3n) is 4.38. The van der Waals surface area contributed by atoms with Gasteiger partial charge in [-0.3, -0.25) is 14.9 Å². The zero-order chi connectivity index (χ0) is 17.8. The van der Waals surface area contributed by atoms with Gasteiger partial charge in [-0.2, -0.15) is 0 Å². The molecular weight excluding hydrogens is 440 g/mol. The quantitative estimate of drug-likeness (QED) is 0.417. The molecule has 0 saturated carbocycles. The maximum Gasteiger partial charge on any atom is 0.323 e. The average molecular weight is 451 g/mol. The van der Waals surface area contributed by atoms with Crippen LogP contribution in [0.2, 0.25) is 0 Å². The van der Waals surface area contributed by atoms with Gasteiger partial charge in [-0.1, -0.05) is 24.3 Å². The van der Waals surface area contributed by atoms with Gasteiger partial charge < -0.3 is 10.2 Å². The lowest BCUT2D eigenvalue weighted by Gasteiger charge is -2.21. The molecule has 1 saturated heterocycles. The SMILES string of the molecule is O=C1NC(=O)C2(N1)C(=O)N(Cc1ccc(I)cc1F)c1ccccc12. The monoisotopic (exact) mass is 451 g/mol. The Balaban J connectivity index is 1.81. The molecule has 1 unspecified atom stereocenters. The van der Waals surface area contributed by atoms with Crippen molar-refractivity contribution in [2.75, 3.05) is 4.90 Å². The van der Waals surface area contributed by atoms with Crippen molar-refractivity contribution in [3.63, 3.8) is 0 Å². The molecule has 2 aromatic rings. The normalized spacial score (nSPS) is 21.5. The average Bonchev–Trinajstić information content (AvgIpc) is 3.00. The van der Waals surface area contributed by atoms with Gasteiger partial charge in [0.25, 0.3) is 11.8 Å². The molecule has 2 aliphatic rings. The van der Waals surface area contributed by atoms with Crippen LogP contribution in [0.1, 0.15) is 11.1 Å². The van der Waals surface area contributed by atoms with Crippen LogP contribution < -0.4 is 15.5 Å². The molecule has 2 heterocycles. The Morgan fingerprint density at radius 3 is 2.56 bits per heavy atom. The predicted molar refractivity (Wildman–Crippen MR) is 95.1 cm³/mol. The number of rotatable bonds is 2. The number of carbonyl (C=O) groups excluding carboxylic acids is 3. The minimum absolute atomic E-state index is 0.0382. The second-order valence-corrected chi connectivity index (χ2v) is 7.05. The van der Waals surface area contributed by atoms with Crippen LogP contribution in [0.5, 0.6) is 0 Å². The Hall–Kier alpha value is -2.49. The summed E-state index contributed by atoms with van der Waals surface area (Å²) >= 11 is 2.00. The number of carbonyl (C=O) groups is 3. The van der Waals surface area contributed by atoms with Crippen molar-refractivity contribution in [3.05, 3.63) is 63.0 Å². The molecule has 2 aliphatic heterocycles. The summed E-state index contributed by atoms with van der Waals surface area (Å²) in [6.07, 6.45) is 0. The number of benzene rings is 2. The van der Waals surface area contributed by atoms with E-state index in [4.69, 9.17) is 0 Å². The molecule has 1 atom stereocenters. The minimum Gasteiger partial charge on any atom is -0.312 e. The summed E-state index contributed by atoms with van der Waals surface area (Å²) in [4.78, 5) is 38.4. The van der Waals surface area contributed by atoms with Crippen molar-refractivity contribution in [2.24, 2.45) is 0 Å². The van der Waals surface area contributed by atoms with E-state index in [9.17, 15) is 18.8 Å². The molecule has 25 heavy (non-hydrogen) atoms. The highest BCUT2D eigenvalue weighted by Crippen LogP contribution is 2.42. The molecule has 8 heteroatoms. The van der Waals surface area contributed by atoms with Gasteiger partial charge in [-0.15, -0.1) is 0 Å². The highest BCUT2D eigenvalue weighted by atomic mass is 127. The highest BCUT2D eigenvalue weighted by molar-refractivity contribution is 14.1. The summed E-state index contributed by atoms with van der Waals surface area (Å²) < 4.78 is 15.0. The van der Waals surface area contributed by atoms with Gasteiger partial charge in [0.15, 0.2) is 0 Å². The van der Waals surface area contributed by atoms with Crippen LogP contribution >= 0.6 is 22.6 Å². The third-order valence-corrected chi connectivity index (χ3v) is 5.05. The standard InChI is InChI=1S/C17H11FIN3O3/c18-12-7-10(19)6-5-9(12)8-22-13-4-2-1-3-11(13)17(15(22)24)14(23)20-16(25)21-17/h1-7H,8H2,(H2,20,21,23,25). The minimum atomic E-state index is -1.78. The van der Waals surface area contributed by atoms with E-state index in [1.165, 1.54) is 11.0 Å². The summed E-state index contributed by atoms with van der Waals surface area (Å²) in [5, 5.41) is 4.55. The number of amides is 4. The highest BCUT2D eigenvalue weighted by Gasteiger charge is 2.61. The largest absolute Gasteiger partial charge is 0.323 e. The fraction of sp³-hybridized carbons (Fsp3) is 0.118. The molecule has 4 amide bonds. The molecule has 6 nitrogen and oxygen atoms in total. The summed E-state index contributed by atoms with van der Waals surface area (Å²) in [7, 11) is 0. The Morgan fingerprint density at radius 2 is 1.88 bits per heavy atom. The molecule has 1 fully saturated rings. The van der Waals surface area contributed by atoms with Crippen molar-refractivity contribution >= 4 is 46.1 Å². The van der Waals surface area contributed by atoms with Crippen LogP contribution in [0.4, 0.5) is 14.9 Å². The topological polar surface area (TPSA) is 78.5 Å². The summed E-state index contributed by atoms with van der Waals surface area (Å²) in [6.45, 7) is -0.0382. The first-order chi connectivity index (χ1) is 11.9. The van der Waals surface area contributed by atoms with Gasteiger partial charge in [-0.25, -0.2) is 9.18 Å². The molecule has 2 N–H and O–H groups in total. The molecule has 0 aliphatic carbocycles. The number of nitrogens with zero attached hydrogens (tertiary/aromatic N) is 1. The van der Waals surface area contributed by atoms with Crippen molar-refractivity contribution in [1.29, 1.82) is 0 Å². The Labute approximate surface area is 155 Å². The van der Waals surface area contributed by atoms with Crippen molar-refractivity contribution in [1.82, 2.24) is 10.6 Å². The number of para-hydroxylation sites is 1. The maximum absolute atomic E-state index is 14.2. The number of hydrogen-bond acceptors (Lipinski definition) is 3. The summed E-state index contributed by atoms with van der Waals surface area (Å²) in [6, 6.07) is 10.7. The molecule has 0 radical (unpaired) electrons. The maximum atomic E-state index is 14.2. The second-order valence-electron chi connectivity index (χ2n) is 5.80. The van der Waals surface area contributed by atoms with E-state index in [1.54, 1.807) is 36.4 Å². The van der Waals surface area contributed by atoms with Gasteiger partial charge in [0.1, 0.15) is 5.82 Å². The van der Waals surface area contributed by atoms with E-state index in [0.717, 1.165) is 3.57 Å². The van der Waals surface area contributed by atoms with E-state index in [-0.39, 0.29) is 6.54 Å². The van der Waals surface area contributed by atoms with Gasteiger partial charge in [-0.05, 0) is 40.8 Å². The van der Waals surface area contributed by atoms with Crippen LogP contribution in [0, 0.1) is 9.39 Å². The van der Waals surface area contributed by atoms with E-state index < -0.39 is 29.2 Å². The molecule has 126 valence electrons. The number of imide groups is 1. The van der Waals surface area contributed by atoms with E-state index in [0.29, 0.717) is 16.8 Å². The molecule has 1 spiro atoms. The van der Waals surface area contributed by atoms with Crippen molar-refractivity contribution in [2.45, 2.75) is 12.1 Å². The molecular formula is C17H11FIN3O3. The van der Waals surface area contributed by atoms with E-state index >= 15 is 0 Å². The first-order valence-electron chi connectivity index (χ1n) is 7.42. The first kappa shape index (κ1) is 16.0. The zero-order valence-corrected chi connectivity index (χ0v) is 14.8. The first-order valence-corrected chi connectivity index (χ1v) is 8.50. The molecule has 0 bridgehead atoms. The number of hydrogen-bond donors (Lipinski definition) is 2. The summed E-state index contributed by atoms with van der Waals surface area (Å²) in [5.41, 5.74) is -0.602. The van der Waals surface area contributed by atoms with Gasteiger partial charge in [0.2, 0.25) is 5.54 Å². The number of urea groups is 1. The number of fused-ring (bicyclic) bond motifs is 2. The lowest BCUT2D eigenvalue weighted by molar-refractivity contribution is -0.134. The van der Waals surface area contributed by atoms with Crippen molar-refractivity contribution in [3.8, 4) is 0 Å². The summed E-state index contributed by atoms with van der Waals surface area (Å²) in [5.74, 6) is -1.76. The van der Waals surface area contributed by atoms with Gasteiger partial charge in [0, 0.05) is 14.7 Å². The van der Waals surface area contributed by atoms with Crippen LogP contribution in [0.15, 0.2) is 42.5 Å². The van der Waals surface area contributed by atoms with E-state index in [2.05, 4.69) is 10.6 Å². The number of nitrogens with one attached hydrogen (secondary N) is 2. The fourth-order valence-electron chi connectivity index (χ4n) is 3.23. The zero-order valence-electron chi connectivity index (χ0n) is 12.7.